The van der Waals surface area contributed by atoms with Crippen LogP contribution in [0.15, 0.2) is 0 Å². The molecule has 97 valence electrons. The molecule has 4 heteroatoms. The zero-order valence-electron chi connectivity index (χ0n) is 13.0. The van der Waals surface area contributed by atoms with Gasteiger partial charge in [-0.3, -0.25) is 0 Å². The molecule has 1 aliphatic rings. The van der Waals surface area contributed by atoms with Crippen molar-refractivity contribution < 1.29 is 0 Å². The molecule has 0 unspecified atom stereocenters. The SMILES string of the molecule is CC(C)N(B1C[B]N(C(C)C)C1(C)C)C(C)C. The molecule has 2 nitrogen and oxygen atoms in total. The lowest BCUT2D eigenvalue weighted by Gasteiger charge is -2.45. The molecule has 0 aliphatic carbocycles. The molecule has 0 aromatic heterocycles. The van der Waals surface area contributed by atoms with Gasteiger partial charge in [-0.2, -0.15) is 0 Å². The van der Waals surface area contributed by atoms with Crippen LogP contribution in [0.1, 0.15) is 55.4 Å². The Morgan fingerprint density at radius 3 is 1.82 bits per heavy atom. The summed E-state index contributed by atoms with van der Waals surface area (Å²) in [6, 6.07) is 1.82. The molecular weight excluding hydrogens is 206 g/mol. The third-order valence-electron chi connectivity index (χ3n) is 4.12. The molecule has 0 aromatic carbocycles. The Hall–Kier alpha value is 0.0499. The molecule has 0 amide bonds. The second-order valence-corrected chi connectivity index (χ2v) is 6.72. The van der Waals surface area contributed by atoms with E-state index in [-0.39, 0.29) is 5.44 Å². The summed E-state index contributed by atoms with van der Waals surface area (Å²) in [6.45, 7) is 19.2. The third kappa shape index (κ3) is 2.90. The first-order valence-electron chi connectivity index (χ1n) is 7.08. The maximum Gasteiger partial charge on any atom is 0.236 e. The fourth-order valence-electron chi connectivity index (χ4n) is 3.59. The van der Waals surface area contributed by atoms with Crippen molar-refractivity contribution in [3.8, 4) is 0 Å². The van der Waals surface area contributed by atoms with E-state index in [4.69, 9.17) is 0 Å². The van der Waals surface area contributed by atoms with E-state index in [9.17, 15) is 0 Å². The maximum atomic E-state index is 2.67. The van der Waals surface area contributed by atoms with Gasteiger partial charge in [-0.1, -0.05) is 61.6 Å². The minimum atomic E-state index is 0.239. The highest BCUT2D eigenvalue weighted by Crippen LogP contribution is 2.32. The van der Waals surface area contributed by atoms with E-state index in [0.717, 1.165) is 0 Å². The van der Waals surface area contributed by atoms with Crippen LogP contribution < -0.4 is 0 Å². The number of hydrogen-bond acceptors (Lipinski definition) is 2. The third-order valence-corrected chi connectivity index (χ3v) is 4.12. The lowest BCUT2D eigenvalue weighted by atomic mass is 9.43. The highest BCUT2D eigenvalue weighted by molar-refractivity contribution is 6.73. The molecule has 0 saturated carbocycles. The molecular formula is C13H29B2N2. The Bertz CT molecular complexity index is 244. The van der Waals surface area contributed by atoms with Crippen LogP contribution in [-0.2, 0) is 0 Å². The Balaban J connectivity index is 2.92. The molecule has 1 aliphatic heterocycles. The van der Waals surface area contributed by atoms with Crippen LogP contribution in [0.25, 0.3) is 0 Å². The summed E-state index contributed by atoms with van der Waals surface area (Å²) in [5.41, 5.74) is 0.239. The summed E-state index contributed by atoms with van der Waals surface area (Å²) in [4.78, 5) is 5.20. The average Bonchev–Trinajstić information content (AvgIpc) is 2.41. The van der Waals surface area contributed by atoms with Gasteiger partial charge in [0.05, 0.1) is 0 Å². The zero-order valence-corrected chi connectivity index (χ0v) is 13.0. The van der Waals surface area contributed by atoms with Crippen LogP contribution in [0.5, 0.6) is 0 Å². The van der Waals surface area contributed by atoms with Gasteiger partial charge in [0.1, 0.15) is 0 Å². The van der Waals surface area contributed by atoms with Gasteiger partial charge in [0.2, 0.25) is 14.3 Å². The van der Waals surface area contributed by atoms with Crippen LogP contribution in [0.2, 0.25) is 6.22 Å². The fourth-order valence-corrected chi connectivity index (χ4v) is 3.59. The minimum Gasteiger partial charge on any atom is -0.345 e. The molecule has 1 saturated heterocycles. The van der Waals surface area contributed by atoms with Gasteiger partial charge >= 0.3 is 0 Å². The summed E-state index contributed by atoms with van der Waals surface area (Å²) < 4.78 is 0. The molecule has 0 bridgehead atoms. The standard InChI is InChI=1S/C13H29B2N2/c1-10(2)16(11(3)4)15-9-14-17(12(5)6)13(15,7)8/h10-12H,9H2,1-8H3. The first-order chi connectivity index (χ1) is 7.69. The Morgan fingerprint density at radius 1 is 1.06 bits per heavy atom. The quantitative estimate of drug-likeness (QED) is 0.691. The normalized spacial score (nSPS) is 21.1. The summed E-state index contributed by atoms with van der Waals surface area (Å²) >= 11 is 0. The van der Waals surface area contributed by atoms with Crippen molar-refractivity contribution in [2.75, 3.05) is 0 Å². The Morgan fingerprint density at radius 2 is 1.53 bits per heavy atom. The molecule has 0 aromatic rings. The predicted octanol–water partition coefficient (Wildman–Crippen LogP) is 2.72. The van der Waals surface area contributed by atoms with Crippen molar-refractivity contribution in [3.05, 3.63) is 0 Å². The predicted molar refractivity (Wildman–Crippen MR) is 79.5 cm³/mol. The summed E-state index contributed by atoms with van der Waals surface area (Å²) in [5.74, 6) is 0. The number of hydrogen-bond donors (Lipinski definition) is 0. The van der Waals surface area contributed by atoms with Gasteiger partial charge in [0.25, 0.3) is 0 Å². The highest BCUT2D eigenvalue weighted by atomic mass is 15.2. The topological polar surface area (TPSA) is 6.48 Å². The molecule has 17 heavy (non-hydrogen) atoms. The largest absolute Gasteiger partial charge is 0.345 e. The van der Waals surface area contributed by atoms with Crippen molar-refractivity contribution in [1.82, 2.24) is 9.62 Å². The van der Waals surface area contributed by atoms with Gasteiger partial charge in [-0.15, -0.1) is 0 Å². The van der Waals surface area contributed by atoms with Crippen LogP contribution in [0.3, 0.4) is 0 Å². The van der Waals surface area contributed by atoms with E-state index in [1.54, 1.807) is 0 Å². The molecule has 1 radical (unpaired) electrons. The molecule has 0 atom stereocenters. The van der Waals surface area contributed by atoms with Crippen molar-refractivity contribution in [1.29, 1.82) is 0 Å². The van der Waals surface area contributed by atoms with Crippen molar-refractivity contribution >= 4 is 14.3 Å². The molecule has 1 rings (SSSR count). The van der Waals surface area contributed by atoms with Gasteiger partial charge < -0.3 is 9.62 Å². The van der Waals surface area contributed by atoms with Crippen molar-refractivity contribution in [3.63, 3.8) is 0 Å². The molecule has 1 fully saturated rings. The van der Waals surface area contributed by atoms with Gasteiger partial charge in [0, 0.05) is 0 Å². The molecule has 1 heterocycles. The van der Waals surface area contributed by atoms with E-state index < -0.39 is 0 Å². The van der Waals surface area contributed by atoms with Crippen LogP contribution >= 0.6 is 0 Å². The summed E-state index contributed by atoms with van der Waals surface area (Å²) in [5, 5.41) is 0. The highest BCUT2D eigenvalue weighted by Gasteiger charge is 2.49. The van der Waals surface area contributed by atoms with Crippen molar-refractivity contribution in [2.24, 2.45) is 0 Å². The summed E-state index contributed by atoms with van der Waals surface area (Å²) in [6.07, 6.45) is 1.18. The Labute approximate surface area is 109 Å². The van der Waals surface area contributed by atoms with Gasteiger partial charge in [-0.05, 0) is 23.6 Å². The second kappa shape index (κ2) is 5.36. The second-order valence-electron chi connectivity index (χ2n) is 6.72. The van der Waals surface area contributed by atoms with E-state index in [2.05, 4.69) is 72.4 Å². The lowest BCUT2D eigenvalue weighted by Crippen LogP contribution is -2.61. The van der Waals surface area contributed by atoms with Gasteiger partial charge in [0.15, 0.2) is 0 Å². The lowest BCUT2D eigenvalue weighted by molar-refractivity contribution is 0.236. The average molecular weight is 235 g/mol. The van der Waals surface area contributed by atoms with Crippen LogP contribution in [-0.4, -0.2) is 47.4 Å². The van der Waals surface area contributed by atoms with Gasteiger partial charge in [-0.25, -0.2) is 0 Å². The monoisotopic (exact) mass is 235 g/mol. The van der Waals surface area contributed by atoms with E-state index >= 15 is 0 Å². The van der Waals surface area contributed by atoms with Crippen LogP contribution in [0, 0.1) is 0 Å². The number of rotatable bonds is 4. The Kier molecular flexibility index (Phi) is 4.76. The van der Waals surface area contributed by atoms with E-state index in [1.807, 2.05) is 0 Å². The molecule has 0 spiro atoms. The first kappa shape index (κ1) is 15.1. The first-order valence-corrected chi connectivity index (χ1v) is 7.08. The van der Waals surface area contributed by atoms with Crippen LogP contribution in [0.4, 0.5) is 0 Å². The minimum absolute atomic E-state index is 0.239. The van der Waals surface area contributed by atoms with E-state index in [1.165, 1.54) is 6.22 Å². The van der Waals surface area contributed by atoms with Crippen molar-refractivity contribution in [2.45, 2.75) is 85.2 Å². The smallest absolute Gasteiger partial charge is 0.236 e. The maximum absolute atomic E-state index is 2.67. The summed E-state index contributed by atoms with van der Waals surface area (Å²) in [7, 11) is 2.41. The van der Waals surface area contributed by atoms with E-state index in [0.29, 0.717) is 25.0 Å². The zero-order chi connectivity index (χ0) is 13.4. The number of nitrogens with zero attached hydrogens (tertiary/aromatic N) is 2. The molecule has 0 N–H and O–H groups in total. The fraction of sp³-hybridized carbons (Fsp3) is 1.00.